The minimum atomic E-state index is -0.615. The monoisotopic (exact) mass is 416 g/mol. The number of rotatable bonds is 6. The second-order valence-corrected chi connectivity index (χ2v) is 11.4. The van der Waals surface area contributed by atoms with E-state index in [0.717, 1.165) is 24.3 Å². The fourth-order valence-corrected chi connectivity index (χ4v) is 6.70. The van der Waals surface area contributed by atoms with Crippen LogP contribution in [0.1, 0.15) is 91.9 Å². The van der Waals surface area contributed by atoms with Gasteiger partial charge in [0.25, 0.3) is 0 Å². The molecular weight excluding hydrogens is 372 g/mol. The normalized spacial score (nSPS) is 37.4. The molecule has 0 aromatic carbocycles. The molecule has 3 aliphatic carbocycles. The van der Waals surface area contributed by atoms with Gasteiger partial charge in [-0.3, -0.25) is 0 Å². The molecule has 3 heteroatoms. The van der Waals surface area contributed by atoms with Gasteiger partial charge in [0.2, 0.25) is 0 Å². The van der Waals surface area contributed by atoms with Gasteiger partial charge in [-0.25, -0.2) is 0 Å². The second-order valence-electron chi connectivity index (χ2n) is 11.4. The summed E-state index contributed by atoms with van der Waals surface area (Å²) in [5, 5.41) is 30.3. The van der Waals surface area contributed by atoms with Gasteiger partial charge >= 0.3 is 0 Å². The minimum absolute atomic E-state index is 0.386. The number of hydrogen-bond acceptors (Lipinski definition) is 3. The van der Waals surface area contributed by atoms with E-state index in [0.29, 0.717) is 35.7 Å². The number of fused-ring (bicyclic) bond motifs is 1. The van der Waals surface area contributed by atoms with Crippen LogP contribution in [0, 0.1) is 23.2 Å². The smallest absolute Gasteiger partial charge is 0.0809 e. The molecule has 3 aliphatic rings. The van der Waals surface area contributed by atoms with Crippen molar-refractivity contribution in [3.63, 3.8) is 0 Å². The Hall–Kier alpha value is -0.900. The number of hydrogen-bond donors (Lipinski definition) is 3. The van der Waals surface area contributed by atoms with E-state index in [1.54, 1.807) is 5.57 Å². The zero-order valence-corrected chi connectivity index (χ0v) is 19.7. The number of aliphatic hydroxyl groups is 3. The standard InChI is InChI=1S/C27H44O3/c1-18(8-6-14-26(3,4)30)22-12-13-23-21(9-7-15-27(22,23)5)11-10-20-16-24(28)19(2)25(29)17-20/h10-11,18,22-25,28-30H,2,6-9,12-17H2,1,3-5H3/b21-11+/t18?,22-,23+,24-,25-,27-/m1/s1. The Bertz CT molecular complexity index is 667. The van der Waals surface area contributed by atoms with E-state index in [4.69, 9.17) is 0 Å². The van der Waals surface area contributed by atoms with Crippen LogP contribution in [0.5, 0.6) is 0 Å². The van der Waals surface area contributed by atoms with E-state index in [1.165, 1.54) is 38.5 Å². The Kier molecular flexibility index (Phi) is 7.37. The molecule has 3 N–H and O–H groups in total. The molecule has 30 heavy (non-hydrogen) atoms. The number of aliphatic hydroxyl groups excluding tert-OH is 2. The molecule has 0 amide bonds. The summed E-state index contributed by atoms with van der Waals surface area (Å²) in [6.45, 7) is 12.6. The molecule has 0 heterocycles. The topological polar surface area (TPSA) is 60.7 Å². The summed E-state index contributed by atoms with van der Waals surface area (Å²) in [5.41, 5.74) is 3.11. The molecule has 6 atom stereocenters. The van der Waals surface area contributed by atoms with Crippen molar-refractivity contribution >= 4 is 0 Å². The summed E-state index contributed by atoms with van der Waals surface area (Å²) in [5.74, 6) is 2.13. The second kappa shape index (κ2) is 9.30. The molecule has 0 aromatic heterocycles. The first-order valence-corrected chi connectivity index (χ1v) is 12.2. The van der Waals surface area contributed by atoms with Crippen LogP contribution in [0.3, 0.4) is 0 Å². The predicted molar refractivity (Wildman–Crippen MR) is 124 cm³/mol. The Morgan fingerprint density at radius 3 is 2.47 bits per heavy atom. The highest BCUT2D eigenvalue weighted by molar-refractivity contribution is 5.29. The van der Waals surface area contributed by atoms with Crippen molar-refractivity contribution in [3.8, 4) is 0 Å². The lowest BCUT2D eigenvalue weighted by Gasteiger charge is -2.44. The van der Waals surface area contributed by atoms with Gasteiger partial charge < -0.3 is 15.3 Å². The van der Waals surface area contributed by atoms with Crippen molar-refractivity contribution < 1.29 is 15.3 Å². The van der Waals surface area contributed by atoms with Crippen molar-refractivity contribution in [1.29, 1.82) is 0 Å². The Balaban J connectivity index is 1.67. The molecule has 0 saturated heterocycles. The Labute approximate surface area is 184 Å². The van der Waals surface area contributed by atoms with E-state index in [2.05, 4.69) is 32.6 Å². The Morgan fingerprint density at radius 2 is 1.83 bits per heavy atom. The molecule has 3 rings (SSSR count). The average Bonchev–Trinajstić information content (AvgIpc) is 3.00. The predicted octanol–water partition coefficient (Wildman–Crippen LogP) is 5.70. The van der Waals surface area contributed by atoms with Gasteiger partial charge in [0.15, 0.2) is 0 Å². The van der Waals surface area contributed by atoms with Gasteiger partial charge in [-0.05, 0) is 94.0 Å². The minimum Gasteiger partial charge on any atom is -0.390 e. The van der Waals surface area contributed by atoms with Gasteiger partial charge in [0.1, 0.15) is 0 Å². The fourth-order valence-electron chi connectivity index (χ4n) is 6.70. The van der Waals surface area contributed by atoms with Crippen LogP contribution in [0.4, 0.5) is 0 Å². The van der Waals surface area contributed by atoms with Gasteiger partial charge in [-0.1, -0.05) is 56.6 Å². The van der Waals surface area contributed by atoms with Crippen molar-refractivity contribution in [2.24, 2.45) is 23.2 Å². The van der Waals surface area contributed by atoms with Crippen molar-refractivity contribution in [2.45, 2.75) is 110 Å². The largest absolute Gasteiger partial charge is 0.390 e. The average molecular weight is 417 g/mol. The SMILES string of the molecule is C=C1[C@H](O)CC(=C/C=C2\CCC[C@]3(C)[C@@H](C(C)CCCC(C)(C)O)CC[C@@H]23)C[C@H]1O. The van der Waals surface area contributed by atoms with E-state index in [1.807, 2.05) is 13.8 Å². The maximum Gasteiger partial charge on any atom is 0.0809 e. The lowest BCUT2D eigenvalue weighted by Crippen LogP contribution is -2.36. The van der Waals surface area contributed by atoms with Crippen LogP contribution in [0.15, 0.2) is 35.5 Å². The van der Waals surface area contributed by atoms with E-state index in [9.17, 15) is 15.3 Å². The van der Waals surface area contributed by atoms with Crippen LogP contribution < -0.4 is 0 Å². The fraction of sp³-hybridized carbons (Fsp3) is 0.778. The summed E-state index contributed by atoms with van der Waals surface area (Å²) < 4.78 is 0. The third-order valence-corrected chi connectivity index (χ3v) is 8.47. The third-order valence-electron chi connectivity index (χ3n) is 8.47. The van der Waals surface area contributed by atoms with Gasteiger partial charge in [-0.15, -0.1) is 0 Å². The first-order chi connectivity index (χ1) is 14.0. The van der Waals surface area contributed by atoms with Crippen LogP contribution in [-0.2, 0) is 0 Å². The molecule has 170 valence electrons. The molecule has 0 aliphatic heterocycles. The lowest BCUT2D eigenvalue weighted by atomic mass is 9.60. The maximum absolute atomic E-state index is 10.1. The third kappa shape index (κ3) is 5.29. The molecular formula is C27H44O3. The first kappa shape index (κ1) is 23.8. The number of allylic oxidation sites excluding steroid dienone is 3. The van der Waals surface area contributed by atoms with E-state index in [-0.39, 0.29) is 0 Å². The highest BCUT2D eigenvalue weighted by Crippen LogP contribution is 2.60. The van der Waals surface area contributed by atoms with Crippen LogP contribution in [0.25, 0.3) is 0 Å². The summed E-state index contributed by atoms with van der Waals surface area (Å²) in [6.07, 6.45) is 14.0. The van der Waals surface area contributed by atoms with Crippen LogP contribution >= 0.6 is 0 Å². The Morgan fingerprint density at radius 1 is 1.17 bits per heavy atom. The summed E-state index contributed by atoms with van der Waals surface area (Å²) in [7, 11) is 0. The first-order valence-electron chi connectivity index (χ1n) is 12.2. The van der Waals surface area contributed by atoms with Crippen molar-refractivity contribution in [3.05, 3.63) is 35.5 Å². The van der Waals surface area contributed by atoms with Crippen molar-refractivity contribution in [2.75, 3.05) is 0 Å². The molecule has 3 fully saturated rings. The highest BCUT2D eigenvalue weighted by Gasteiger charge is 2.50. The molecule has 1 unspecified atom stereocenters. The van der Waals surface area contributed by atoms with Gasteiger partial charge in [-0.2, -0.15) is 0 Å². The molecule has 0 radical (unpaired) electrons. The quantitative estimate of drug-likeness (QED) is 0.486. The summed E-state index contributed by atoms with van der Waals surface area (Å²) >= 11 is 0. The molecule has 0 bridgehead atoms. The zero-order valence-electron chi connectivity index (χ0n) is 19.7. The zero-order chi connectivity index (χ0) is 22.1. The summed E-state index contributed by atoms with van der Waals surface area (Å²) in [6, 6.07) is 0. The van der Waals surface area contributed by atoms with Gasteiger partial charge in [0.05, 0.1) is 17.8 Å². The molecule has 3 saturated carbocycles. The molecule has 0 spiro atoms. The van der Waals surface area contributed by atoms with Crippen molar-refractivity contribution in [1.82, 2.24) is 0 Å². The van der Waals surface area contributed by atoms with Crippen LogP contribution in [0.2, 0.25) is 0 Å². The van der Waals surface area contributed by atoms with E-state index < -0.39 is 17.8 Å². The highest BCUT2D eigenvalue weighted by atomic mass is 16.3. The van der Waals surface area contributed by atoms with E-state index >= 15 is 0 Å². The van der Waals surface area contributed by atoms with Crippen LogP contribution in [-0.4, -0.2) is 33.1 Å². The summed E-state index contributed by atoms with van der Waals surface area (Å²) in [4.78, 5) is 0. The molecule has 0 aromatic rings. The lowest BCUT2D eigenvalue weighted by molar-refractivity contribution is 0.0596. The maximum atomic E-state index is 10.1. The van der Waals surface area contributed by atoms with Gasteiger partial charge in [0, 0.05) is 0 Å². The molecule has 3 nitrogen and oxygen atoms in total.